The fraction of sp³-hybridized carbons (Fsp3) is 0.250. The molecule has 1 unspecified atom stereocenters. The molecule has 1 heterocycles. The first-order chi connectivity index (χ1) is 8.31. The molecule has 0 spiro atoms. The molecule has 1 N–H and O–H groups in total. The maximum Gasteiger partial charge on any atom is 0.166 e. The number of para-hydroxylation sites is 1. The lowest BCUT2D eigenvalue weighted by molar-refractivity contribution is -0.0213. The predicted molar refractivity (Wildman–Crippen MR) is 75.5 cm³/mol. The molecular weight excluding hydrogens is 222 g/mol. The first-order valence-corrected chi connectivity index (χ1v) is 5.91. The Morgan fingerprint density at radius 3 is 1.94 bits per heavy atom. The molecule has 2 nitrogen and oxygen atoms in total. The highest BCUT2D eigenvalue weighted by Gasteiger charge is 2.44. The van der Waals surface area contributed by atoms with E-state index in [2.05, 4.69) is 0 Å². The molecule has 0 radical (unpaired) electrons. The third kappa shape index (κ3) is 1.89. The van der Waals surface area contributed by atoms with E-state index in [1.807, 2.05) is 65.6 Å². The van der Waals surface area contributed by atoms with Gasteiger partial charge in [0.2, 0.25) is 0 Å². The molecule has 1 saturated heterocycles. The van der Waals surface area contributed by atoms with E-state index in [0.717, 1.165) is 24.2 Å². The summed E-state index contributed by atoms with van der Waals surface area (Å²) in [7, 11) is 0. The van der Waals surface area contributed by atoms with E-state index in [1.54, 1.807) is 0 Å². The zero-order valence-electron chi connectivity index (χ0n) is 9.58. The lowest BCUT2D eigenvalue weighted by Crippen LogP contribution is -2.57. The molecule has 0 aliphatic carbocycles. The summed E-state index contributed by atoms with van der Waals surface area (Å²) in [6.45, 7) is 0.898. The largest absolute Gasteiger partial charge is 0.367 e. The van der Waals surface area contributed by atoms with Crippen molar-refractivity contribution in [3.05, 3.63) is 66.2 Å². The van der Waals surface area contributed by atoms with Crippen LogP contribution in [0.15, 0.2) is 60.7 Å². The Bertz CT molecular complexity index is 497. The van der Waals surface area contributed by atoms with Crippen molar-refractivity contribution >= 4 is 5.69 Å². The second-order valence-electron chi connectivity index (χ2n) is 4.42. The van der Waals surface area contributed by atoms with E-state index in [9.17, 15) is 5.11 Å². The zero-order chi connectivity index (χ0) is 11.7. The highest BCUT2D eigenvalue weighted by atomic mass is 16.3. The van der Waals surface area contributed by atoms with Crippen LogP contribution in [0.1, 0.15) is 19.4 Å². The molecule has 0 bridgehead atoms. The number of hydrogen-bond donors (Lipinski definition) is 1. The molecule has 1 aliphatic heterocycles. The monoisotopic (exact) mass is 241 g/mol. The summed E-state index contributed by atoms with van der Waals surface area (Å²) in [5, 5.41) is 10.7. The van der Waals surface area contributed by atoms with Crippen molar-refractivity contribution in [3.8, 4) is 0 Å². The fourth-order valence-electron chi connectivity index (χ4n) is 2.39. The van der Waals surface area contributed by atoms with E-state index < -0.39 is 5.72 Å². The quantitative estimate of drug-likeness (QED) is 0.871. The summed E-state index contributed by atoms with van der Waals surface area (Å²) in [5.74, 6) is 0. The van der Waals surface area contributed by atoms with Crippen LogP contribution in [0.2, 0.25) is 0 Å². The maximum absolute atomic E-state index is 10.7. The molecular formula is C16H19NO. The molecule has 1 fully saturated rings. The first kappa shape index (κ1) is 12.7. The van der Waals surface area contributed by atoms with E-state index >= 15 is 0 Å². The Labute approximate surface area is 109 Å². The lowest BCUT2D eigenvalue weighted by atomic mass is 9.89. The molecule has 0 aromatic heterocycles. The Balaban J connectivity index is 0.00000120. The lowest BCUT2D eigenvalue weighted by Gasteiger charge is -2.50. The smallest absolute Gasteiger partial charge is 0.166 e. The molecule has 18 heavy (non-hydrogen) atoms. The summed E-state index contributed by atoms with van der Waals surface area (Å²) in [6.07, 6.45) is 0.784. The van der Waals surface area contributed by atoms with Crippen molar-refractivity contribution in [1.29, 1.82) is 0 Å². The van der Waals surface area contributed by atoms with E-state index in [-0.39, 0.29) is 7.43 Å². The zero-order valence-corrected chi connectivity index (χ0v) is 9.58. The van der Waals surface area contributed by atoms with Gasteiger partial charge in [0.05, 0.1) is 0 Å². The SMILES string of the molecule is C.OC1(c2ccccc2)CCN1c1ccccc1. The van der Waals surface area contributed by atoms with Crippen LogP contribution in [0.4, 0.5) is 5.69 Å². The summed E-state index contributed by atoms with van der Waals surface area (Å²) in [6, 6.07) is 19.9. The number of aliphatic hydroxyl groups is 1. The van der Waals surface area contributed by atoms with Crippen LogP contribution in [0.5, 0.6) is 0 Å². The minimum Gasteiger partial charge on any atom is -0.367 e. The molecule has 0 amide bonds. The highest BCUT2D eigenvalue weighted by molar-refractivity contribution is 5.53. The minimum absolute atomic E-state index is 0. The molecule has 3 rings (SSSR count). The van der Waals surface area contributed by atoms with Gasteiger partial charge in [0, 0.05) is 24.2 Å². The van der Waals surface area contributed by atoms with Crippen LogP contribution >= 0.6 is 0 Å². The van der Waals surface area contributed by atoms with Gasteiger partial charge in [-0.25, -0.2) is 0 Å². The number of benzene rings is 2. The molecule has 1 aliphatic rings. The van der Waals surface area contributed by atoms with Crippen LogP contribution in [0.3, 0.4) is 0 Å². The second kappa shape index (κ2) is 4.83. The summed E-state index contributed by atoms with van der Waals surface area (Å²) in [5.41, 5.74) is 1.21. The molecule has 1 atom stereocenters. The van der Waals surface area contributed by atoms with Crippen LogP contribution in [-0.4, -0.2) is 11.7 Å². The number of anilines is 1. The van der Waals surface area contributed by atoms with Crippen LogP contribution in [0.25, 0.3) is 0 Å². The van der Waals surface area contributed by atoms with E-state index in [4.69, 9.17) is 0 Å². The van der Waals surface area contributed by atoms with E-state index in [0.29, 0.717) is 0 Å². The third-order valence-corrected chi connectivity index (χ3v) is 3.43. The van der Waals surface area contributed by atoms with Crippen molar-refractivity contribution in [2.75, 3.05) is 11.4 Å². The van der Waals surface area contributed by atoms with Crippen molar-refractivity contribution in [1.82, 2.24) is 0 Å². The van der Waals surface area contributed by atoms with Gasteiger partial charge in [0.1, 0.15) is 0 Å². The fourth-order valence-corrected chi connectivity index (χ4v) is 2.39. The standard InChI is InChI=1S/C15H15NO.CH4/c17-15(13-7-3-1-4-8-13)11-12-16(15)14-9-5-2-6-10-14;/h1-10,17H,11-12H2;1H4. The number of rotatable bonds is 2. The summed E-state index contributed by atoms with van der Waals surface area (Å²) in [4.78, 5) is 2.04. The first-order valence-electron chi connectivity index (χ1n) is 5.91. The molecule has 2 heteroatoms. The van der Waals surface area contributed by atoms with Crippen LogP contribution < -0.4 is 4.90 Å². The van der Waals surface area contributed by atoms with Crippen molar-refractivity contribution in [3.63, 3.8) is 0 Å². The predicted octanol–water partition coefficient (Wildman–Crippen LogP) is 3.38. The van der Waals surface area contributed by atoms with Crippen molar-refractivity contribution < 1.29 is 5.11 Å². The Morgan fingerprint density at radius 2 is 1.44 bits per heavy atom. The van der Waals surface area contributed by atoms with Gasteiger partial charge in [-0.3, -0.25) is 0 Å². The van der Waals surface area contributed by atoms with Gasteiger partial charge in [0.25, 0.3) is 0 Å². The van der Waals surface area contributed by atoms with Gasteiger partial charge in [-0.05, 0) is 12.1 Å². The van der Waals surface area contributed by atoms with Gasteiger partial charge in [-0.15, -0.1) is 0 Å². The van der Waals surface area contributed by atoms with Crippen molar-refractivity contribution in [2.45, 2.75) is 19.6 Å². The third-order valence-electron chi connectivity index (χ3n) is 3.43. The van der Waals surface area contributed by atoms with E-state index in [1.165, 1.54) is 0 Å². The van der Waals surface area contributed by atoms with Crippen LogP contribution in [0, 0.1) is 0 Å². The second-order valence-corrected chi connectivity index (χ2v) is 4.42. The molecule has 0 saturated carbocycles. The topological polar surface area (TPSA) is 23.5 Å². The van der Waals surface area contributed by atoms with Gasteiger partial charge in [-0.1, -0.05) is 56.0 Å². The van der Waals surface area contributed by atoms with Gasteiger partial charge in [0.15, 0.2) is 5.72 Å². The minimum atomic E-state index is -0.831. The van der Waals surface area contributed by atoms with Gasteiger partial charge in [-0.2, -0.15) is 0 Å². The Morgan fingerprint density at radius 1 is 0.889 bits per heavy atom. The van der Waals surface area contributed by atoms with Crippen LogP contribution in [-0.2, 0) is 5.72 Å². The number of hydrogen-bond acceptors (Lipinski definition) is 2. The average molecular weight is 241 g/mol. The highest BCUT2D eigenvalue weighted by Crippen LogP contribution is 2.41. The van der Waals surface area contributed by atoms with Gasteiger partial charge >= 0.3 is 0 Å². The van der Waals surface area contributed by atoms with Crippen molar-refractivity contribution in [2.24, 2.45) is 0 Å². The maximum atomic E-state index is 10.7. The Hall–Kier alpha value is -1.80. The molecule has 94 valence electrons. The summed E-state index contributed by atoms with van der Waals surface area (Å²) >= 11 is 0. The number of nitrogens with zero attached hydrogens (tertiary/aromatic N) is 1. The molecule has 2 aromatic carbocycles. The van der Waals surface area contributed by atoms with Gasteiger partial charge < -0.3 is 10.0 Å². The Kier molecular flexibility index (Phi) is 3.39. The normalized spacial score (nSPS) is 21.9. The average Bonchev–Trinajstić information content (AvgIpc) is 2.39. The summed E-state index contributed by atoms with van der Waals surface area (Å²) < 4.78 is 0. The molecule has 2 aromatic rings.